The molecule has 2 rings (SSSR count). The van der Waals surface area contributed by atoms with Gasteiger partial charge in [-0.3, -0.25) is 9.59 Å². The first-order chi connectivity index (χ1) is 13.9. The largest absolute Gasteiger partial charge is 0.354 e. The average Bonchev–Trinajstić information content (AvgIpc) is 2.71. The van der Waals surface area contributed by atoms with Crippen LogP contribution >= 0.6 is 23.4 Å². The molecule has 0 fully saturated rings. The Morgan fingerprint density at radius 3 is 2.52 bits per heavy atom. The van der Waals surface area contributed by atoms with Gasteiger partial charge in [0, 0.05) is 23.9 Å². The summed E-state index contributed by atoms with van der Waals surface area (Å²) in [5.74, 6) is 0.917. The summed E-state index contributed by atoms with van der Waals surface area (Å²) >= 11 is 7.54. The van der Waals surface area contributed by atoms with Gasteiger partial charge in [-0.05, 0) is 43.5 Å². The third kappa shape index (κ3) is 7.75. The van der Waals surface area contributed by atoms with Gasteiger partial charge in [-0.15, -0.1) is 11.8 Å². The Labute approximate surface area is 183 Å². The summed E-state index contributed by atoms with van der Waals surface area (Å²) in [5, 5.41) is 3.54. The van der Waals surface area contributed by atoms with E-state index in [9.17, 15) is 9.59 Å². The zero-order valence-electron chi connectivity index (χ0n) is 17.3. The van der Waals surface area contributed by atoms with E-state index in [4.69, 9.17) is 11.6 Å². The van der Waals surface area contributed by atoms with Gasteiger partial charge in [0.15, 0.2) is 0 Å². The molecule has 0 heterocycles. The van der Waals surface area contributed by atoms with Crippen molar-refractivity contribution in [2.24, 2.45) is 0 Å². The van der Waals surface area contributed by atoms with E-state index in [0.29, 0.717) is 23.9 Å². The van der Waals surface area contributed by atoms with Gasteiger partial charge in [0.1, 0.15) is 6.04 Å². The lowest BCUT2D eigenvalue weighted by molar-refractivity contribution is -0.138. The molecule has 6 heteroatoms. The predicted octanol–water partition coefficient (Wildman–Crippen LogP) is 4.83. The number of rotatable bonds is 10. The molecule has 0 aromatic heterocycles. The molecule has 2 aromatic carbocycles. The zero-order valence-corrected chi connectivity index (χ0v) is 18.9. The molecular weight excluding hydrogens is 404 g/mol. The van der Waals surface area contributed by atoms with Gasteiger partial charge in [0.2, 0.25) is 11.8 Å². The maximum atomic E-state index is 13.0. The van der Waals surface area contributed by atoms with Gasteiger partial charge in [0.05, 0.1) is 5.75 Å². The molecule has 2 aromatic rings. The van der Waals surface area contributed by atoms with Crippen LogP contribution in [0.25, 0.3) is 0 Å². The molecule has 4 nitrogen and oxygen atoms in total. The first-order valence-electron chi connectivity index (χ1n) is 9.85. The number of aryl methyl sites for hydroxylation is 1. The summed E-state index contributed by atoms with van der Waals surface area (Å²) in [7, 11) is 0. The van der Waals surface area contributed by atoms with Gasteiger partial charge >= 0.3 is 0 Å². The molecule has 1 N–H and O–H groups in total. The van der Waals surface area contributed by atoms with E-state index >= 15 is 0 Å². The number of amides is 2. The lowest BCUT2D eigenvalue weighted by Crippen LogP contribution is -2.48. The second-order valence-electron chi connectivity index (χ2n) is 7.10. The van der Waals surface area contributed by atoms with E-state index in [1.165, 1.54) is 11.1 Å². The monoisotopic (exact) mass is 432 g/mol. The van der Waals surface area contributed by atoms with Crippen LogP contribution in [0.5, 0.6) is 0 Å². The SMILES string of the molecule is CCCNC(=O)C(C)N(Cc1ccc(Cl)cc1)C(=O)CSCc1cccc(C)c1. The summed E-state index contributed by atoms with van der Waals surface area (Å²) in [5.41, 5.74) is 3.35. The Bertz CT molecular complexity index is 811. The van der Waals surface area contributed by atoms with Gasteiger partial charge in [-0.1, -0.05) is 60.5 Å². The number of carbonyl (C=O) groups is 2. The van der Waals surface area contributed by atoms with E-state index in [2.05, 4.69) is 30.4 Å². The molecule has 0 radical (unpaired) electrons. The highest BCUT2D eigenvalue weighted by atomic mass is 35.5. The molecule has 0 saturated carbocycles. The molecule has 29 heavy (non-hydrogen) atoms. The normalized spacial score (nSPS) is 11.7. The van der Waals surface area contributed by atoms with Gasteiger partial charge in [-0.25, -0.2) is 0 Å². The Balaban J connectivity index is 2.04. The number of nitrogens with one attached hydrogen (secondary N) is 1. The third-order valence-electron chi connectivity index (χ3n) is 4.56. The van der Waals surface area contributed by atoms with E-state index in [1.54, 1.807) is 35.7 Å². The van der Waals surface area contributed by atoms with Crippen molar-refractivity contribution in [1.82, 2.24) is 10.2 Å². The Hall–Kier alpha value is -1.98. The number of nitrogens with zero attached hydrogens (tertiary/aromatic N) is 1. The molecule has 0 aliphatic rings. The summed E-state index contributed by atoms with van der Waals surface area (Å²) in [6.07, 6.45) is 0.857. The quantitative estimate of drug-likeness (QED) is 0.585. The molecule has 156 valence electrons. The van der Waals surface area contributed by atoms with Crippen LogP contribution in [-0.2, 0) is 21.9 Å². The number of carbonyl (C=O) groups excluding carboxylic acids is 2. The van der Waals surface area contributed by atoms with Crippen LogP contribution < -0.4 is 5.32 Å². The van der Waals surface area contributed by atoms with Crippen molar-refractivity contribution in [3.63, 3.8) is 0 Å². The van der Waals surface area contributed by atoms with Crippen molar-refractivity contribution in [3.8, 4) is 0 Å². The molecule has 2 amide bonds. The van der Waals surface area contributed by atoms with Gasteiger partial charge in [-0.2, -0.15) is 0 Å². The predicted molar refractivity (Wildman–Crippen MR) is 122 cm³/mol. The fourth-order valence-corrected chi connectivity index (χ4v) is 3.89. The minimum Gasteiger partial charge on any atom is -0.354 e. The molecule has 0 aliphatic heterocycles. The standard InChI is InChI=1S/C23H29ClN2O2S/c1-4-12-25-23(28)18(3)26(14-19-8-10-21(24)11-9-19)22(27)16-29-15-20-7-5-6-17(2)13-20/h5-11,13,18H,4,12,14-16H2,1-3H3,(H,25,28). The van der Waals surface area contributed by atoms with E-state index in [1.807, 2.05) is 25.1 Å². The fraction of sp³-hybridized carbons (Fsp3) is 0.391. The second kappa shape index (κ2) is 11.9. The lowest BCUT2D eigenvalue weighted by Gasteiger charge is -2.28. The number of hydrogen-bond donors (Lipinski definition) is 1. The number of thioether (sulfide) groups is 1. The lowest BCUT2D eigenvalue weighted by atomic mass is 10.1. The first kappa shape index (κ1) is 23.3. The van der Waals surface area contributed by atoms with E-state index < -0.39 is 6.04 Å². The second-order valence-corrected chi connectivity index (χ2v) is 8.52. The Morgan fingerprint density at radius 1 is 1.14 bits per heavy atom. The van der Waals surface area contributed by atoms with Crippen LogP contribution in [0.3, 0.4) is 0 Å². The number of halogens is 1. The number of benzene rings is 2. The highest BCUT2D eigenvalue weighted by Gasteiger charge is 2.25. The topological polar surface area (TPSA) is 49.4 Å². The van der Waals surface area contributed by atoms with Crippen LogP contribution in [0.1, 0.15) is 37.0 Å². The van der Waals surface area contributed by atoms with Crippen LogP contribution in [0, 0.1) is 6.92 Å². The summed E-state index contributed by atoms with van der Waals surface area (Å²) < 4.78 is 0. The Morgan fingerprint density at radius 2 is 1.86 bits per heavy atom. The average molecular weight is 433 g/mol. The van der Waals surface area contributed by atoms with Crippen LogP contribution in [0.4, 0.5) is 0 Å². The van der Waals surface area contributed by atoms with Crippen LogP contribution in [-0.4, -0.2) is 35.1 Å². The van der Waals surface area contributed by atoms with Crippen molar-refractivity contribution in [1.29, 1.82) is 0 Å². The molecule has 0 bridgehead atoms. The van der Waals surface area contributed by atoms with E-state index in [-0.39, 0.29) is 11.8 Å². The summed E-state index contributed by atoms with van der Waals surface area (Å²) in [4.78, 5) is 27.1. The van der Waals surface area contributed by atoms with Crippen molar-refractivity contribution >= 4 is 35.2 Å². The van der Waals surface area contributed by atoms with Crippen molar-refractivity contribution < 1.29 is 9.59 Å². The molecule has 0 spiro atoms. The summed E-state index contributed by atoms with van der Waals surface area (Å²) in [6.45, 7) is 6.83. The number of hydrogen-bond acceptors (Lipinski definition) is 3. The van der Waals surface area contributed by atoms with Crippen LogP contribution in [0.2, 0.25) is 5.02 Å². The molecular formula is C23H29ClN2O2S. The Kier molecular flexibility index (Phi) is 9.55. The first-order valence-corrected chi connectivity index (χ1v) is 11.4. The summed E-state index contributed by atoms with van der Waals surface area (Å²) in [6, 6.07) is 15.1. The van der Waals surface area contributed by atoms with Crippen molar-refractivity contribution in [2.45, 2.75) is 45.5 Å². The fourth-order valence-electron chi connectivity index (χ4n) is 2.91. The zero-order chi connectivity index (χ0) is 21.2. The minimum atomic E-state index is -0.538. The molecule has 0 aliphatic carbocycles. The third-order valence-corrected chi connectivity index (χ3v) is 5.80. The highest BCUT2D eigenvalue weighted by Crippen LogP contribution is 2.18. The van der Waals surface area contributed by atoms with Crippen LogP contribution in [0.15, 0.2) is 48.5 Å². The maximum absolute atomic E-state index is 13.0. The minimum absolute atomic E-state index is 0.0447. The molecule has 1 atom stereocenters. The smallest absolute Gasteiger partial charge is 0.242 e. The molecule has 1 unspecified atom stereocenters. The molecule has 0 saturated heterocycles. The van der Waals surface area contributed by atoms with E-state index in [0.717, 1.165) is 17.7 Å². The van der Waals surface area contributed by atoms with Crippen molar-refractivity contribution in [2.75, 3.05) is 12.3 Å². The van der Waals surface area contributed by atoms with Gasteiger partial charge < -0.3 is 10.2 Å². The maximum Gasteiger partial charge on any atom is 0.242 e. The van der Waals surface area contributed by atoms with Gasteiger partial charge in [0.25, 0.3) is 0 Å². The highest BCUT2D eigenvalue weighted by molar-refractivity contribution is 7.99. The van der Waals surface area contributed by atoms with Crippen molar-refractivity contribution in [3.05, 3.63) is 70.2 Å².